The van der Waals surface area contributed by atoms with E-state index in [1.807, 2.05) is 37.3 Å². The number of hydrogen-bond acceptors (Lipinski definition) is 2. The topological polar surface area (TPSA) is 26.3 Å². The van der Waals surface area contributed by atoms with Crippen molar-refractivity contribution < 1.29 is 9.53 Å². The third-order valence-electron chi connectivity index (χ3n) is 5.21. The fourth-order valence-corrected chi connectivity index (χ4v) is 3.95. The highest BCUT2D eigenvalue weighted by atomic mass is 35.5. The molecule has 0 saturated heterocycles. The van der Waals surface area contributed by atoms with E-state index in [4.69, 9.17) is 16.3 Å². The molecule has 2 nitrogen and oxygen atoms in total. The predicted molar refractivity (Wildman–Crippen MR) is 108 cm³/mol. The molecular weight excluding hydrogens is 344 g/mol. The molecule has 0 spiro atoms. The summed E-state index contributed by atoms with van der Waals surface area (Å²) in [7, 11) is 0. The predicted octanol–water partition coefficient (Wildman–Crippen LogP) is 6.29. The van der Waals surface area contributed by atoms with Gasteiger partial charge < -0.3 is 4.74 Å². The van der Waals surface area contributed by atoms with Crippen molar-refractivity contribution in [1.29, 1.82) is 0 Å². The SMILES string of the molecule is C=CCC1=C(CC2=C(c3ccc(Cl)cc3)OCC2C(=C)C)CCCC1=O. The van der Waals surface area contributed by atoms with Gasteiger partial charge in [0, 0.05) is 22.9 Å². The van der Waals surface area contributed by atoms with Gasteiger partial charge in [0.1, 0.15) is 5.76 Å². The van der Waals surface area contributed by atoms with Crippen LogP contribution in [0, 0.1) is 5.92 Å². The molecule has 1 heterocycles. The van der Waals surface area contributed by atoms with Gasteiger partial charge in [0.25, 0.3) is 0 Å². The van der Waals surface area contributed by atoms with Gasteiger partial charge in [0.2, 0.25) is 0 Å². The molecule has 0 amide bonds. The number of allylic oxidation sites excluding steroid dienone is 3. The van der Waals surface area contributed by atoms with Gasteiger partial charge in [0.15, 0.2) is 5.78 Å². The molecule has 1 unspecified atom stereocenters. The average Bonchev–Trinajstić information content (AvgIpc) is 3.02. The van der Waals surface area contributed by atoms with Crippen LogP contribution in [0.4, 0.5) is 0 Å². The van der Waals surface area contributed by atoms with Crippen molar-refractivity contribution >= 4 is 23.1 Å². The second-order valence-corrected chi connectivity index (χ2v) is 7.54. The third kappa shape index (κ3) is 3.86. The van der Waals surface area contributed by atoms with E-state index < -0.39 is 0 Å². The molecule has 1 aromatic carbocycles. The van der Waals surface area contributed by atoms with Crippen LogP contribution in [0.1, 0.15) is 44.6 Å². The summed E-state index contributed by atoms with van der Waals surface area (Å²) in [4.78, 5) is 12.4. The molecular formula is C23H25ClO2. The molecule has 0 fully saturated rings. The summed E-state index contributed by atoms with van der Waals surface area (Å²) in [6.07, 6.45) is 5.79. The zero-order valence-corrected chi connectivity index (χ0v) is 16.1. The van der Waals surface area contributed by atoms with Crippen LogP contribution in [0.15, 0.2) is 65.8 Å². The highest BCUT2D eigenvalue weighted by Gasteiger charge is 2.31. The van der Waals surface area contributed by atoms with Gasteiger partial charge in [-0.05, 0) is 68.0 Å². The number of ether oxygens (including phenoxy) is 1. The molecule has 2 aliphatic rings. The van der Waals surface area contributed by atoms with Crippen molar-refractivity contribution in [1.82, 2.24) is 0 Å². The van der Waals surface area contributed by atoms with Crippen LogP contribution in [0.3, 0.4) is 0 Å². The molecule has 1 atom stereocenters. The van der Waals surface area contributed by atoms with E-state index in [1.165, 1.54) is 11.1 Å². The zero-order chi connectivity index (χ0) is 18.7. The highest BCUT2D eigenvalue weighted by molar-refractivity contribution is 6.30. The standard InChI is InChI=1S/C23H25ClO2/c1-4-6-19-17(7-5-8-22(19)25)13-20-21(15(2)3)14-26-23(20)16-9-11-18(24)12-10-16/h4,9-12,21H,1-2,5-8,13-14H2,3H3. The third-order valence-corrected chi connectivity index (χ3v) is 5.46. The lowest BCUT2D eigenvalue weighted by Gasteiger charge is -2.21. The van der Waals surface area contributed by atoms with Crippen LogP contribution in [0.5, 0.6) is 0 Å². The van der Waals surface area contributed by atoms with E-state index in [0.29, 0.717) is 24.5 Å². The first-order valence-electron chi connectivity index (χ1n) is 9.13. The normalized spacial score (nSPS) is 20.4. The molecule has 0 bridgehead atoms. The molecule has 26 heavy (non-hydrogen) atoms. The summed E-state index contributed by atoms with van der Waals surface area (Å²) >= 11 is 6.03. The number of Topliss-reactive ketones (excluding diaryl/α,β-unsaturated/α-hetero) is 1. The molecule has 0 radical (unpaired) electrons. The number of ketones is 1. The van der Waals surface area contributed by atoms with Crippen LogP contribution >= 0.6 is 11.6 Å². The Kier molecular flexibility index (Phi) is 5.83. The first-order valence-corrected chi connectivity index (χ1v) is 9.51. The molecule has 3 heteroatoms. The van der Waals surface area contributed by atoms with Crippen LogP contribution in [-0.4, -0.2) is 12.4 Å². The van der Waals surface area contributed by atoms with E-state index in [1.54, 1.807) is 0 Å². The first-order chi connectivity index (χ1) is 12.5. The number of carbonyl (C=O) groups excluding carboxylic acids is 1. The van der Waals surface area contributed by atoms with Crippen molar-refractivity contribution in [2.24, 2.45) is 5.92 Å². The molecule has 1 aromatic rings. The summed E-state index contributed by atoms with van der Waals surface area (Å²) in [5.41, 5.74) is 5.53. The summed E-state index contributed by atoms with van der Waals surface area (Å²) in [5.74, 6) is 1.37. The second-order valence-electron chi connectivity index (χ2n) is 7.10. The van der Waals surface area contributed by atoms with E-state index in [0.717, 1.165) is 41.7 Å². The van der Waals surface area contributed by atoms with Crippen LogP contribution in [0.2, 0.25) is 5.02 Å². The Morgan fingerprint density at radius 1 is 1.31 bits per heavy atom. The Balaban J connectivity index is 2.03. The van der Waals surface area contributed by atoms with Gasteiger partial charge in [-0.15, -0.1) is 6.58 Å². The van der Waals surface area contributed by atoms with Gasteiger partial charge in [-0.3, -0.25) is 4.79 Å². The lowest BCUT2D eigenvalue weighted by Crippen LogP contribution is -2.14. The summed E-state index contributed by atoms with van der Waals surface area (Å²) < 4.78 is 6.08. The van der Waals surface area contributed by atoms with E-state index in [-0.39, 0.29) is 11.7 Å². The van der Waals surface area contributed by atoms with Crippen LogP contribution in [0.25, 0.3) is 5.76 Å². The summed E-state index contributed by atoms with van der Waals surface area (Å²) in [6, 6.07) is 7.74. The summed E-state index contributed by atoms with van der Waals surface area (Å²) in [6.45, 7) is 10.6. The maximum atomic E-state index is 12.4. The van der Waals surface area contributed by atoms with Crippen molar-refractivity contribution in [2.45, 2.75) is 39.0 Å². The van der Waals surface area contributed by atoms with Crippen molar-refractivity contribution in [2.75, 3.05) is 6.61 Å². The van der Waals surface area contributed by atoms with Crippen molar-refractivity contribution in [3.63, 3.8) is 0 Å². The molecule has 1 aliphatic carbocycles. The molecule has 3 rings (SSSR count). The van der Waals surface area contributed by atoms with Gasteiger partial charge >= 0.3 is 0 Å². The monoisotopic (exact) mass is 368 g/mol. The Morgan fingerprint density at radius 3 is 2.69 bits per heavy atom. The molecule has 0 N–H and O–H groups in total. The highest BCUT2D eigenvalue weighted by Crippen LogP contribution is 2.41. The van der Waals surface area contributed by atoms with Crippen LogP contribution in [-0.2, 0) is 9.53 Å². The van der Waals surface area contributed by atoms with Gasteiger partial charge in [-0.25, -0.2) is 0 Å². The smallest absolute Gasteiger partial charge is 0.159 e. The fraction of sp³-hybridized carbons (Fsp3) is 0.348. The van der Waals surface area contributed by atoms with Crippen molar-refractivity contribution in [3.8, 4) is 0 Å². The lowest BCUT2D eigenvalue weighted by atomic mass is 9.81. The van der Waals surface area contributed by atoms with Crippen molar-refractivity contribution in [3.05, 3.63) is 76.4 Å². The zero-order valence-electron chi connectivity index (χ0n) is 15.3. The molecule has 0 aromatic heterocycles. The maximum absolute atomic E-state index is 12.4. The summed E-state index contributed by atoms with van der Waals surface area (Å²) in [5, 5.41) is 0.708. The number of rotatable bonds is 6. The molecule has 1 aliphatic heterocycles. The van der Waals surface area contributed by atoms with E-state index >= 15 is 0 Å². The van der Waals surface area contributed by atoms with Crippen LogP contribution < -0.4 is 0 Å². The Bertz CT molecular complexity index is 796. The second kappa shape index (κ2) is 8.09. The number of hydrogen-bond donors (Lipinski definition) is 0. The minimum absolute atomic E-state index is 0.190. The average molecular weight is 369 g/mol. The van der Waals surface area contributed by atoms with Gasteiger partial charge in [0.05, 0.1) is 6.61 Å². The number of halogens is 1. The van der Waals surface area contributed by atoms with E-state index in [9.17, 15) is 4.79 Å². The fourth-order valence-electron chi connectivity index (χ4n) is 3.82. The lowest BCUT2D eigenvalue weighted by molar-refractivity contribution is -0.116. The quantitative estimate of drug-likeness (QED) is 0.551. The van der Waals surface area contributed by atoms with E-state index in [2.05, 4.69) is 13.2 Å². The maximum Gasteiger partial charge on any atom is 0.159 e. The van der Waals surface area contributed by atoms with Gasteiger partial charge in [-0.2, -0.15) is 0 Å². The Morgan fingerprint density at radius 2 is 2.04 bits per heavy atom. The number of carbonyl (C=O) groups is 1. The Hall–Kier alpha value is -2.06. The molecule has 0 saturated carbocycles. The molecule has 136 valence electrons. The Labute approximate surface area is 160 Å². The largest absolute Gasteiger partial charge is 0.492 e. The first kappa shape index (κ1) is 18.7. The van der Waals surface area contributed by atoms with Gasteiger partial charge in [-0.1, -0.05) is 35.4 Å². The minimum atomic E-state index is 0.190. The number of benzene rings is 1. The minimum Gasteiger partial charge on any atom is -0.492 e.